The average molecular weight is 287 g/mol. The smallest absolute Gasteiger partial charge is 0.295 e. The fourth-order valence-corrected chi connectivity index (χ4v) is 2.13. The zero-order valence-corrected chi connectivity index (χ0v) is 10.6. The van der Waals surface area contributed by atoms with Crippen LogP contribution in [0.15, 0.2) is 48.7 Å². The molecule has 0 aliphatic heterocycles. The van der Waals surface area contributed by atoms with Gasteiger partial charge in [0.2, 0.25) is 0 Å². The van der Waals surface area contributed by atoms with E-state index in [0.29, 0.717) is 16.8 Å². The first kappa shape index (κ1) is 13.2. The first-order chi connectivity index (χ1) is 9.99. The van der Waals surface area contributed by atoms with Crippen LogP contribution in [-0.2, 0) is 6.18 Å². The lowest BCUT2D eigenvalue weighted by molar-refractivity contribution is -0.142. The van der Waals surface area contributed by atoms with Gasteiger partial charge in [-0.05, 0) is 24.3 Å². The van der Waals surface area contributed by atoms with Gasteiger partial charge in [-0.2, -0.15) is 18.4 Å². The highest BCUT2D eigenvalue weighted by atomic mass is 19.4. The molecular formula is C15H8F3N3. The maximum atomic E-state index is 13.0. The van der Waals surface area contributed by atoms with E-state index in [9.17, 15) is 13.2 Å². The van der Waals surface area contributed by atoms with Crippen molar-refractivity contribution in [3.8, 4) is 17.3 Å². The molecule has 0 amide bonds. The van der Waals surface area contributed by atoms with Gasteiger partial charge in [-0.3, -0.25) is 4.40 Å². The van der Waals surface area contributed by atoms with Crippen LogP contribution in [0.25, 0.3) is 16.9 Å². The van der Waals surface area contributed by atoms with Gasteiger partial charge in [0.1, 0.15) is 11.3 Å². The molecule has 0 aliphatic carbocycles. The molecule has 0 atom stereocenters. The number of nitrogens with zero attached hydrogens (tertiary/aromatic N) is 3. The third-order valence-electron chi connectivity index (χ3n) is 3.07. The minimum absolute atomic E-state index is 0.210. The van der Waals surface area contributed by atoms with Crippen LogP contribution in [0.3, 0.4) is 0 Å². The predicted octanol–water partition coefficient (Wildman–Crippen LogP) is 3.89. The number of alkyl halides is 3. The number of hydrogen-bond donors (Lipinski definition) is 0. The highest BCUT2D eigenvalue weighted by Gasteiger charge is 2.33. The molecule has 3 nitrogen and oxygen atoms in total. The number of pyridine rings is 1. The lowest BCUT2D eigenvalue weighted by Gasteiger charge is -2.08. The monoisotopic (exact) mass is 287 g/mol. The molecule has 0 aliphatic rings. The molecule has 0 radical (unpaired) electrons. The standard InChI is InChI=1S/C15H8F3N3/c16-15(17,18)13-5-2-6-14-20-12(9-21(13)14)11-4-1-3-10(7-11)8-19/h1-7,9H. The molecule has 104 valence electrons. The van der Waals surface area contributed by atoms with Crippen LogP contribution in [-0.4, -0.2) is 9.38 Å². The number of imidazole rings is 1. The van der Waals surface area contributed by atoms with E-state index in [4.69, 9.17) is 5.26 Å². The van der Waals surface area contributed by atoms with Gasteiger partial charge in [-0.25, -0.2) is 4.98 Å². The molecule has 0 spiro atoms. The molecule has 3 aromatic rings. The molecule has 21 heavy (non-hydrogen) atoms. The van der Waals surface area contributed by atoms with Crippen molar-refractivity contribution in [2.45, 2.75) is 6.18 Å². The van der Waals surface area contributed by atoms with Gasteiger partial charge >= 0.3 is 6.18 Å². The zero-order chi connectivity index (χ0) is 15.0. The van der Waals surface area contributed by atoms with E-state index in [0.717, 1.165) is 10.5 Å². The van der Waals surface area contributed by atoms with Gasteiger partial charge < -0.3 is 0 Å². The first-order valence-electron chi connectivity index (χ1n) is 6.05. The Balaban J connectivity index is 2.20. The summed E-state index contributed by atoms with van der Waals surface area (Å²) >= 11 is 0. The molecule has 0 fully saturated rings. The Labute approximate surface area is 117 Å². The van der Waals surface area contributed by atoms with Gasteiger partial charge in [0.25, 0.3) is 0 Å². The zero-order valence-electron chi connectivity index (χ0n) is 10.6. The van der Waals surface area contributed by atoms with Crippen molar-refractivity contribution in [2.75, 3.05) is 0 Å². The molecular weight excluding hydrogens is 279 g/mol. The van der Waals surface area contributed by atoms with Crippen LogP contribution >= 0.6 is 0 Å². The summed E-state index contributed by atoms with van der Waals surface area (Å²) in [6.45, 7) is 0. The van der Waals surface area contributed by atoms with Gasteiger partial charge in [-0.1, -0.05) is 18.2 Å². The summed E-state index contributed by atoms with van der Waals surface area (Å²) in [6.07, 6.45) is -3.12. The van der Waals surface area contributed by atoms with Crippen LogP contribution in [0.4, 0.5) is 13.2 Å². The summed E-state index contributed by atoms with van der Waals surface area (Å²) in [5.41, 5.74) is 0.854. The Morgan fingerprint density at radius 2 is 1.86 bits per heavy atom. The number of rotatable bonds is 1. The van der Waals surface area contributed by atoms with E-state index >= 15 is 0 Å². The summed E-state index contributed by atoms with van der Waals surface area (Å²) in [4.78, 5) is 4.19. The molecule has 0 N–H and O–H groups in total. The number of benzene rings is 1. The lowest BCUT2D eigenvalue weighted by atomic mass is 10.1. The van der Waals surface area contributed by atoms with E-state index in [1.54, 1.807) is 24.3 Å². The quantitative estimate of drug-likeness (QED) is 0.681. The normalized spacial score (nSPS) is 11.5. The first-order valence-corrected chi connectivity index (χ1v) is 6.05. The number of aromatic nitrogens is 2. The number of nitriles is 1. The van der Waals surface area contributed by atoms with Crippen molar-refractivity contribution in [1.82, 2.24) is 9.38 Å². The van der Waals surface area contributed by atoms with Crippen molar-refractivity contribution in [1.29, 1.82) is 5.26 Å². The van der Waals surface area contributed by atoms with E-state index in [1.807, 2.05) is 6.07 Å². The topological polar surface area (TPSA) is 41.1 Å². The van der Waals surface area contributed by atoms with E-state index in [1.165, 1.54) is 18.3 Å². The van der Waals surface area contributed by atoms with Crippen molar-refractivity contribution >= 4 is 5.65 Å². The Kier molecular flexibility index (Phi) is 2.91. The Morgan fingerprint density at radius 3 is 2.57 bits per heavy atom. The molecule has 2 aromatic heterocycles. The number of hydrogen-bond acceptors (Lipinski definition) is 2. The van der Waals surface area contributed by atoms with Crippen molar-refractivity contribution in [2.24, 2.45) is 0 Å². The predicted molar refractivity (Wildman–Crippen MR) is 70.3 cm³/mol. The maximum absolute atomic E-state index is 13.0. The second-order valence-electron chi connectivity index (χ2n) is 4.46. The summed E-state index contributed by atoms with van der Waals surface area (Å²) < 4.78 is 39.9. The van der Waals surface area contributed by atoms with Crippen LogP contribution < -0.4 is 0 Å². The summed E-state index contributed by atoms with van der Waals surface area (Å²) in [5.74, 6) is 0. The molecule has 0 bridgehead atoms. The third kappa shape index (κ3) is 2.34. The van der Waals surface area contributed by atoms with Crippen molar-refractivity contribution in [3.05, 3.63) is 59.9 Å². The molecule has 0 saturated carbocycles. The second-order valence-corrected chi connectivity index (χ2v) is 4.46. The van der Waals surface area contributed by atoms with Crippen molar-refractivity contribution in [3.63, 3.8) is 0 Å². The Hall–Kier alpha value is -2.81. The fourth-order valence-electron chi connectivity index (χ4n) is 2.13. The third-order valence-corrected chi connectivity index (χ3v) is 3.07. The van der Waals surface area contributed by atoms with Crippen molar-refractivity contribution < 1.29 is 13.2 Å². The Bertz CT molecular complexity index is 856. The SMILES string of the molecule is N#Cc1cccc(-c2cn3c(C(F)(F)F)cccc3n2)c1. The van der Waals surface area contributed by atoms with E-state index in [2.05, 4.69) is 4.98 Å². The largest absolute Gasteiger partial charge is 0.431 e. The molecule has 2 heterocycles. The molecule has 6 heteroatoms. The Morgan fingerprint density at radius 1 is 1.10 bits per heavy atom. The summed E-state index contributed by atoms with van der Waals surface area (Å²) in [6, 6.07) is 12.4. The van der Waals surface area contributed by atoms with Gasteiger partial charge in [0, 0.05) is 11.8 Å². The van der Waals surface area contributed by atoms with Gasteiger partial charge in [0.05, 0.1) is 17.3 Å². The fraction of sp³-hybridized carbons (Fsp3) is 0.0667. The number of halogens is 3. The lowest BCUT2D eigenvalue weighted by Crippen LogP contribution is -2.10. The molecule has 1 aromatic carbocycles. The molecule has 0 unspecified atom stereocenters. The van der Waals surface area contributed by atoms with Gasteiger partial charge in [0.15, 0.2) is 0 Å². The van der Waals surface area contributed by atoms with Crippen LogP contribution in [0, 0.1) is 11.3 Å². The highest BCUT2D eigenvalue weighted by molar-refractivity contribution is 5.64. The molecule has 0 saturated heterocycles. The van der Waals surface area contributed by atoms with Gasteiger partial charge in [-0.15, -0.1) is 0 Å². The van der Waals surface area contributed by atoms with Crippen LogP contribution in [0.1, 0.15) is 11.3 Å². The van der Waals surface area contributed by atoms with E-state index in [-0.39, 0.29) is 5.65 Å². The second kappa shape index (κ2) is 4.63. The van der Waals surface area contributed by atoms with Crippen LogP contribution in [0.5, 0.6) is 0 Å². The van der Waals surface area contributed by atoms with E-state index < -0.39 is 11.9 Å². The minimum Gasteiger partial charge on any atom is -0.295 e. The molecule has 3 rings (SSSR count). The maximum Gasteiger partial charge on any atom is 0.431 e. The number of fused-ring (bicyclic) bond motifs is 1. The van der Waals surface area contributed by atoms with Crippen LogP contribution in [0.2, 0.25) is 0 Å². The summed E-state index contributed by atoms with van der Waals surface area (Å²) in [7, 11) is 0. The average Bonchev–Trinajstić information content (AvgIpc) is 2.90. The highest BCUT2D eigenvalue weighted by Crippen LogP contribution is 2.31. The summed E-state index contributed by atoms with van der Waals surface area (Å²) in [5, 5.41) is 8.88. The minimum atomic E-state index is -4.45.